The lowest BCUT2D eigenvalue weighted by atomic mass is 10.2. The van der Waals surface area contributed by atoms with Crippen LogP contribution >= 0.6 is 0 Å². The second-order valence-corrected chi connectivity index (χ2v) is 5.47. The number of rotatable bonds is 4. The fourth-order valence-electron chi connectivity index (χ4n) is 1.55. The van der Waals surface area contributed by atoms with Crippen molar-refractivity contribution in [2.45, 2.75) is 45.9 Å². The maximum Gasteiger partial charge on any atom is 0.411 e. The van der Waals surface area contributed by atoms with Crippen LogP contribution in [-0.2, 0) is 16.1 Å². The molecule has 1 aromatic rings. The molecule has 0 unspecified atom stereocenters. The topological polar surface area (TPSA) is 46.6 Å². The molecule has 104 valence electrons. The largest absolute Gasteiger partial charge is 0.444 e. The van der Waals surface area contributed by atoms with Crippen LogP contribution in [0.2, 0.25) is 0 Å². The molecule has 4 nitrogen and oxygen atoms in total. The zero-order valence-corrected chi connectivity index (χ0v) is 11.9. The van der Waals surface area contributed by atoms with Crippen molar-refractivity contribution in [2.75, 3.05) is 0 Å². The van der Waals surface area contributed by atoms with Crippen LogP contribution in [-0.4, -0.2) is 28.9 Å². The quantitative estimate of drug-likeness (QED) is 0.784. The lowest BCUT2D eigenvalue weighted by Gasteiger charge is -2.29. The van der Waals surface area contributed by atoms with Crippen LogP contribution < -0.4 is 0 Å². The van der Waals surface area contributed by atoms with Crippen LogP contribution in [0.25, 0.3) is 0 Å². The summed E-state index contributed by atoms with van der Waals surface area (Å²) in [6, 6.07) is 9.01. The minimum absolute atomic E-state index is 0.357. The highest BCUT2D eigenvalue weighted by Crippen LogP contribution is 2.14. The monoisotopic (exact) mass is 263 g/mol. The Morgan fingerprint density at radius 2 is 1.89 bits per heavy atom. The van der Waals surface area contributed by atoms with Gasteiger partial charge in [0, 0.05) is 6.54 Å². The van der Waals surface area contributed by atoms with E-state index in [1.54, 1.807) is 27.7 Å². The van der Waals surface area contributed by atoms with E-state index in [1.807, 2.05) is 30.3 Å². The molecule has 0 aliphatic heterocycles. The summed E-state index contributed by atoms with van der Waals surface area (Å²) in [5, 5.41) is 0. The van der Waals surface area contributed by atoms with Gasteiger partial charge in [0.25, 0.3) is 0 Å². The predicted molar refractivity (Wildman–Crippen MR) is 73.7 cm³/mol. The zero-order chi connectivity index (χ0) is 14.5. The van der Waals surface area contributed by atoms with Gasteiger partial charge in [0.2, 0.25) is 0 Å². The lowest BCUT2D eigenvalue weighted by molar-refractivity contribution is -0.112. The molecule has 1 aromatic carbocycles. The normalized spacial score (nSPS) is 12.6. The van der Waals surface area contributed by atoms with E-state index in [2.05, 4.69) is 0 Å². The van der Waals surface area contributed by atoms with Gasteiger partial charge in [0.1, 0.15) is 11.9 Å². The van der Waals surface area contributed by atoms with E-state index in [0.717, 1.165) is 11.8 Å². The van der Waals surface area contributed by atoms with Crippen molar-refractivity contribution in [1.29, 1.82) is 0 Å². The molecule has 4 heteroatoms. The van der Waals surface area contributed by atoms with Crippen LogP contribution in [0.15, 0.2) is 30.3 Å². The van der Waals surface area contributed by atoms with Crippen molar-refractivity contribution in [3.8, 4) is 0 Å². The Balaban J connectivity index is 2.83. The third kappa shape index (κ3) is 5.12. The van der Waals surface area contributed by atoms with Gasteiger partial charge in [-0.05, 0) is 33.3 Å². The molecule has 1 rings (SSSR count). The van der Waals surface area contributed by atoms with E-state index in [-0.39, 0.29) is 0 Å². The van der Waals surface area contributed by atoms with Gasteiger partial charge in [0.15, 0.2) is 0 Å². The average molecular weight is 263 g/mol. The van der Waals surface area contributed by atoms with Crippen LogP contribution in [0.4, 0.5) is 4.79 Å². The van der Waals surface area contributed by atoms with E-state index in [9.17, 15) is 9.59 Å². The minimum Gasteiger partial charge on any atom is -0.444 e. The second kappa shape index (κ2) is 6.36. The lowest BCUT2D eigenvalue weighted by Crippen LogP contribution is -2.42. The van der Waals surface area contributed by atoms with Gasteiger partial charge in [-0.15, -0.1) is 0 Å². The highest BCUT2D eigenvalue weighted by atomic mass is 16.6. The number of aldehydes is 1. The summed E-state index contributed by atoms with van der Waals surface area (Å²) in [5.74, 6) is 0. The van der Waals surface area contributed by atoms with Crippen LogP contribution in [0.3, 0.4) is 0 Å². The molecule has 0 heterocycles. The summed E-state index contributed by atoms with van der Waals surface area (Å²) < 4.78 is 5.32. The smallest absolute Gasteiger partial charge is 0.411 e. The Bertz CT molecular complexity index is 423. The molecule has 0 radical (unpaired) electrons. The van der Waals surface area contributed by atoms with Crippen molar-refractivity contribution in [3.05, 3.63) is 35.9 Å². The van der Waals surface area contributed by atoms with Gasteiger partial charge in [-0.3, -0.25) is 4.90 Å². The van der Waals surface area contributed by atoms with Crippen molar-refractivity contribution in [3.63, 3.8) is 0 Å². The molecular weight excluding hydrogens is 242 g/mol. The third-order valence-corrected chi connectivity index (χ3v) is 2.51. The Kier molecular flexibility index (Phi) is 5.10. The van der Waals surface area contributed by atoms with E-state index in [0.29, 0.717) is 6.54 Å². The molecule has 19 heavy (non-hydrogen) atoms. The van der Waals surface area contributed by atoms with Crippen molar-refractivity contribution >= 4 is 12.4 Å². The van der Waals surface area contributed by atoms with Gasteiger partial charge in [-0.25, -0.2) is 4.79 Å². The van der Waals surface area contributed by atoms with E-state index in [1.165, 1.54) is 4.90 Å². The summed E-state index contributed by atoms with van der Waals surface area (Å²) in [6.45, 7) is 7.45. The molecule has 0 saturated carbocycles. The van der Waals surface area contributed by atoms with Gasteiger partial charge in [-0.2, -0.15) is 0 Å². The van der Waals surface area contributed by atoms with Gasteiger partial charge < -0.3 is 9.53 Å². The maximum absolute atomic E-state index is 12.1. The van der Waals surface area contributed by atoms with Gasteiger partial charge in [-0.1, -0.05) is 30.3 Å². The third-order valence-electron chi connectivity index (χ3n) is 2.51. The summed E-state index contributed by atoms with van der Waals surface area (Å²) in [7, 11) is 0. The molecule has 0 aliphatic rings. The summed E-state index contributed by atoms with van der Waals surface area (Å²) in [4.78, 5) is 24.5. The van der Waals surface area contributed by atoms with E-state index >= 15 is 0 Å². The first-order valence-electron chi connectivity index (χ1n) is 6.32. The first-order valence-corrected chi connectivity index (χ1v) is 6.32. The summed E-state index contributed by atoms with van der Waals surface area (Å²) in [6.07, 6.45) is 0.267. The summed E-state index contributed by atoms with van der Waals surface area (Å²) >= 11 is 0. The van der Waals surface area contributed by atoms with Crippen molar-refractivity contribution < 1.29 is 14.3 Å². The molecule has 0 bridgehead atoms. The first-order chi connectivity index (χ1) is 8.83. The van der Waals surface area contributed by atoms with Gasteiger partial charge in [0.05, 0.1) is 6.04 Å². The molecular formula is C15H21NO3. The predicted octanol–water partition coefficient (Wildman–Crippen LogP) is 3.01. The standard InChI is InChI=1S/C15H21NO3/c1-12(11-17)16(14(18)19-15(2,3)4)10-13-8-6-5-7-9-13/h5-9,11-12H,10H2,1-4H3/t12-/m0/s1. The van der Waals surface area contributed by atoms with Crippen LogP contribution in [0.1, 0.15) is 33.3 Å². The van der Waals surface area contributed by atoms with Crippen LogP contribution in [0, 0.1) is 0 Å². The Labute approximate surface area is 114 Å². The summed E-state index contributed by atoms with van der Waals surface area (Å²) in [5.41, 5.74) is 0.385. The molecule has 1 atom stereocenters. The first kappa shape index (κ1) is 15.2. The number of nitrogens with zero attached hydrogens (tertiary/aromatic N) is 1. The number of amides is 1. The Hall–Kier alpha value is -1.84. The van der Waals surface area contributed by atoms with Crippen molar-refractivity contribution in [1.82, 2.24) is 4.90 Å². The molecule has 0 aromatic heterocycles. The molecule has 1 amide bonds. The molecule has 0 aliphatic carbocycles. The number of benzene rings is 1. The van der Waals surface area contributed by atoms with E-state index < -0.39 is 17.7 Å². The maximum atomic E-state index is 12.1. The number of carbonyl (C=O) groups excluding carboxylic acids is 2. The second-order valence-electron chi connectivity index (χ2n) is 5.47. The minimum atomic E-state index is -0.575. The Morgan fingerprint density at radius 3 is 2.37 bits per heavy atom. The fourth-order valence-corrected chi connectivity index (χ4v) is 1.55. The average Bonchev–Trinajstić information content (AvgIpc) is 2.34. The van der Waals surface area contributed by atoms with Crippen LogP contribution in [0.5, 0.6) is 0 Å². The highest BCUT2D eigenvalue weighted by molar-refractivity contribution is 5.73. The number of carbonyl (C=O) groups is 2. The van der Waals surface area contributed by atoms with Gasteiger partial charge >= 0.3 is 6.09 Å². The number of hydrogen-bond donors (Lipinski definition) is 0. The fraction of sp³-hybridized carbons (Fsp3) is 0.467. The number of ether oxygens (including phenoxy) is 1. The molecule has 0 saturated heterocycles. The molecule has 0 fully saturated rings. The molecule has 0 spiro atoms. The SMILES string of the molecule is C[C@@H](C=O)N(Cc1ccccc1)C(=O)OC(C)(C)C. The molecule has 0 N–H and O–H groups in total. The zero-order valence-electron chi connectivity index (χ0n) is 11.9. The Morgan fingerprint density at radius 1 is 1.32 bits per heavy atom. The number of hydrogen-bond acceptors (Lipinski definition) is 3. The van der Waals surface area contributed by atoms with E-state index in [4.69, 9.17) is 4.74 Å². The highest BCUT2D eigenvalue weighted by Gasteiger charge is 2.25. The van der Waals surface area contributed by atoms with Crippen molar-refractivity contribution in [2.24, 2.45) is 0 Å².